The molecule has 0 unspecified atom stereocenters. The minimum atomic E-state index is -0.0954. The van der Waals surface area contributed by atoms with E-state index in [1.807, 2.05) is 24.3 Å². The SMILES string of the molecule is O=C(Nc1ccccc1Cc1nc(-c2ccco2)no1)[C@H]1CCOC1. The van der Waals surface area contributed by atoms with Crippen molar-refractivity contribution in [2.75, 3.05) is 18.5 Å². The highest BCUT2D eigenvalue weighted by molar-refractivity contribution is 5.93. The summed E-state index contributed by atoms with van der Waals surface area (Å²) < 4.78 is 15.8. The molecular formula is C18H17N3O4. The maximum Gasteiger partial charge on any atom is 0.238 e. The van der Waals surface area contributed by atoms with E-state index in [-0.39, 0.29) is 11.8 Å². The zero-order chi connectivity index (χ0) is 17.1. The minimum absolute atomic E-state index is 0.0215. The van der Waals surface area contributed by atoms with Crippen LogP contribution >= 0.6 is 0 Å². The number of anilines is 1. The van der Waals surface area contributed by atoms with Crippen molar-refractivity contribution in [3.05, 3.63) is 54.1 Å². The van der Waals surface area contributed by atoms with E-state index in [0.717, 1.165) is 17.7 Å². The van der Waals surface area contributed by atoms with Crippen molar-refractivity contribution in [2.45, 2.75) is 12.8 Å². The summed E-state index contributed by atoms with van der Waals surface area (Å²) in [6.07, 6.45) is 2.73. The molecule has 3 heterocycles. The van der Waals surface area contributed by atoms with E-state index in [1.165, 1.54) is 0 Å². The van der Waals surface area contributed by atoms with Gasteiger partial charge in [0.05, 0.1) is 25.2 Å². The van der Waals surface area contributed by atoms with Crippen LogP contribution in [0.15, 0.2) is 51.6 Å². The molecule has 1 amide bonds. The summed E-state index contributed by atoms with van der Waals surface area (Å²) in [4.78, 5) is 16.7. The first-order chi connectivity index (χ1) is 12.3. The number of nitrogens with one attached hydrogen (secondary N) is 1. The Kier molecular flexibility index (Phi) is 4.30. The van der Waals surface area contributed by atoms with E-state index in [1.54, 1.807) is 18.4 Å². The number of hydrogen-bond donors (Lipinski definition) is 1. The number of aromatic nitrogens is 2. The van der Waals surface area contributed by atoms with Crippen LogP contribution in [0.2, 0.25) is 0 Å². The van der Waals surface area contributed by atoms with E-state index in [9.17, 15) is 4.79 Å². The molecule has 1 atom stereocenters. The lowest BCUT2D eigenvalue weighted by Crippen LogP contribution is -2.23. The summed E-state index contributed by atoms with van der Waals surface area (Å²) in [5.74, 6) is 1.30. The molecule has 0 spiro atoms. The second-order valence-corrected chi connectivity index (χ2v) is 5.87. The molecule has 1 aromatic carbocycles. The Bertz CT molecular complexity index is 851. The number of carbonyl (C=O) groups is 1. The third-order valence-corrected chi connectivity index (χ3v) is 4.13. The van der Waals surface area contributed by atoms with Gasteiger partial charge in [-0.3, -0.25) is 4.79 Å². The number of rotatable bonds is 5. The van der Waals surface area contributed by atoms with Crippen LogP contribution < -0.4 is 5.32 Å². The van der Waals surface area contributed by atoms with Gasteiger partial charge >= 0.3 is 0 Å². The predicted octanol–water partition coefficient (Wildman–Crippen LogP) is 2.90. The molecule has 1 aliphatic rings. The Morgan fingerprint density at radius 1 is 1.24 bits per heavy atom. The van der Waals surface area contributed by atoms with Gasteiger partial charge < -0.3 is 19.0 Å². The molecule has 1 fully saturated rings. The smallest absolute Gasteiger partial charge is 0.238 e. The summed E-state index contributed by atoms with van der Waals surface area (Å²) in [6, 6.07) is 11.1. The molecule has 4 rings (SSSR count). The molecule has 0 radical (unpaired) electrons. The highest BCUT2D eigenvalue weighted by Crippen LogP contribution is 2.23. The summed E-state index contributed by atoms with van der Waals surface area (Å²) in [5.41, 5.74) is 1.65. The van der Waals surface area contributed by atoms with Gasteiger partial charge in [0.25, 0.3) is 0 Å². The van der Waals surface area contributed by atoms with Crippen molar-refractivity contribution in [2.24, 2.45) is 5.92 Å². The predicted molar refractivity (Wildman–Crippen MR) is 88.8 cm³/mol. The first-order valence-corrected chi connectivity index (χ1v) is 8.12. The van der Waals surface area contributed by atoms with Gasteiger partial charge in [0.2, 0.25) is 17.6 Å². The standard InChI is InChI=1S/C18H17N3O4/c22-18(13-7-9-23-11-13)19-14-5-2-1-4-12(14)10-16-20-17(21-25-16)15-6-3-8-24-15/h1-6,8,13H,7,9-11H2,(H,19,22)/t13-/m0/s1. The van der Waals surface area contributed by atoms with E-state index < -0.39 is 0 Å². The largest absolute Gasteiger partial charge is 0.461 e. The summed E-state index contributed by atoms with van der Waals surface area (Å²) in [5, 5.41) is 6.90. The Morgan fingerprint density at radius 2 is 2.16 bits per heavy atom. The van der Waals surface area contributed by atoms with Crippen LogP contribution in [0.1, 0.15) is 17.9 Å². The molecule has 3 aromatic rings. The fraction of sp³-hybridized carbons (Fsp3) is 0.278. The van der Waals surface area contributed by atoms with Gasteiger partial charge in [-0.05, 0) is 30.2 Å². The topological polar surface area (TPSA) is 90.4 Å². The number of furan rings is 1. The molecule has 25 heavy (non-hydrogen) atoms. The number of amides is 1. The molecule has 7 heteroatoms. The number of para-hydroxylation sites is 1. The molecule has 128 valence electrons. The van der Waals surface area contributed by atoms with Gasteiger partial charge in [0.15, 0.2) is 5.76 Å². The van der Waals surface area contributed by atoms with Crippen LogP contribution in [0.4, 0.5) is 5.69 Å². The third-order valence-electron chi connectivity index (χ3n) is 4.13. The van der Waals surface area contributed by atoms with E-state index >= 15 is 0 Å². The Labute approximate surface area is 144 Å². The normalized spacial score (nSPS) is 16.9. The maximum absolute atomic E-state index is 12.3. The molecule has 0 bridgehead atoms. The molecule has 0 saturated carbocycles. The van der Waals surface area contributed by atoms with Gasteiger partial charge in [0, 0.05) is 12.3 Å². The Morgan fingerprint density at radius 3 is 2.96 bits per heavy atom. The monoisotopic (exact) mass is 339 g/mol. The molecule has 2 aromatic heterocycles. The van der Waals surface area contributed by atoms with Gasteiger partial charge in [-0.2, -0.15) is 4.98 Å². The summed E-state index contributed by atoms with van der Waals surface area (Å²) in [6.45, 7) is 1.11. The zero-order valence-electron chi connectivity index (χ0n) is 13.5. The van der Waals surface area contributed by atoms with Crippen molar-refractivity contribution < 1.29 is 18.5 Å². The lowest BCUT2D eigenvalue weighted by Gasteiger charge is -2.12. The molecule has 1 N–H and O–H groups in total. The van der Waals surface area contributed by atoms with Crippen molar-refractivity contribution in [3.8, 4) is 11.6 Å². The highest BCUT2D eigenvalue weighted by Gasteiger charge is 2.24. The van der Waals surface area contributed by atoms with Crippen LogP contribution in [0.5, 0.6) is 0 Å². The number of benzene rings is 1. The summed E-state index contributed by atoms with van der Waals surface area (Å²) in [7, 11) is 0. The number of hydrogen-bond acceptors (Lipinski definition) is 6. The average Bonchev–Trinajstić information content (AvgIpc) is 3.38. The van der Waals surface area contributed by atoms with Crippen LogP contribution in [0.25, 0.3) is 11.6 Å². The van der Waals surface area contributed by atoms with Crippen LogP contribution in [-0.2, 0) is 16.0 Å². The van der Waals surface area contributed by atoms with Crippen molar-refractivity contribution in [1.29, 1.82) is 0 Å². The van der Waals surface area contributed by atoms with Crippen LogP contribution in [0, 0.1) is 5.92 Å². The quantitative estimate of drug-likeness (QED) is 0.768. The highest BCUT2D eigenvalue weighted by atomic mass is 16.5. The first kappa shape index (κ1) is 15.6. The molecule has 1 saturated heterocycles. The second-order valence-electron chi connectivity index (χ2n) is 5.87. The molecule has 0 aliphatic carbocycles. The molecular weight excluding hydrogens is 322 g/mol. The van der Waals surface area contributed by atoms with Gasteiger partial charge in [0.1, 0.15) is 0 Å². The fourth-order valence-corrected chi connectivity index (χ4v) is 2.77. The maximum atomic E-state index is 12.3. The number of carbonyl (C=O) groups excluding carboxylic acids is 1. The number of ether oxygens (including phenoxy) is 1. The first-order valence-electron chi connectivity index (χ1n) is 8.12. The van der Waals surface area contributed by atoms with Crippen molar-refractivity contribution >= 4 is 11.6 Å². The summed E-state index contributed by atoms with van der Waals surface area (Å²) >= 11 is 0. The van der Waals surface area contributed by atoms with E-state index in [4.69, 9.17) is 13.7 Å². The van der Waals surface area contributed by atoms with Crippen LogP contribution in [-0.4, -0.2) is 29.3 Å². The van der Waals surface area contributed by atoms with E-state index in [2.05, 4.69) is 15.5 Å². The average molecular weight is 339 g/mol. The van der Waals surface area contributed by atoms with Gasteiger partial charge in [-0.1, -0.05) is 23.4 Å². The van der Waals surface area contributed by atoms with Gasteiger partial charge in [-0.25, -0.2) is 0 Å². The Balaban J connectivity index is 1.50. The Hall–Kier alpha value is -2.93. The number of nitrogens with zero attached hydrogens (tertiary/aromatic N) is 2. The van der Waals surface area contributed by atoms with Crippen LogP contribution in [0.3, 0.4) is 0 Å². The van der Waals surface area contributed by atoms with Crippen molar-refractivity contribution in [3.63, 3.8) is 0 Å². The second kappa shape index (κ2) is 6.90. The third kappa shape index (κ3) is 3.46. The molecule has 7 nitrogen and oxygen atoms in total. The zero-order valence-corrected chi connectivity index (χ0v) is 13.5. The fourth-order valence-electron chi connectivity index (χ4n) is 2.77. The lowest BCUT2D eigenvalue weighted by atomic mass is 10.1. The molecule has 1 aliphatic heterocycles. The minimum Gasteiger partial charge on any atom is -0.461 e. The van der Waals surface area contributed by atoms with Gasteiger partial charge in [-0.15, -0.1) is 0 Å². The van der Waals surface area contributed by atoms with E-state index in [0.29, 0.717) is 37.1 Å². The lowest BCUT2D eigenvalue weighted by molar-refractivity contribution is -0.119. The van der Waals surface area contributed by atoms with Crippen molar-refractivity contribution in [1.82, 2.24) is 10.1 Å².